The molecule has 1 atom stereocenters. The Labute approximate surface area is 119 Å². The van der Waals surface area contributed by atoms with Crippen LogP contribution < -0.4 is 5.32 Å². The van der Waals surface area contributed by atoms with Gasteiger partial charge >= 0.3 is 6.18 Å². The molecule has 1 aliphatic rings. The van der Waals surface area contributed by atoms with Crippen molar-refractivity contribution in [1.29, 1.82) is 5.26 Å². The molecule has 0 spiro atoms. The summed E-state index contributed by atoms with van der Waals surface area (Å²) in [5, 5.41) is 11.4. The van der Waals surface area contributed by atoms with Crippen molar-refractivity contribution in [2.45, 2.75) is 19.0 Å². The molecule has 1 fully saturated rings. The molecule has 1 N–H and O–H groups in total. The van der Waals surface area contributed by atoms with Crippen LogP contribution in [0.1, 0.15) is 24.0 Å². The van der Waals surface area contributed by atoms with Crippen LogP contribution in [0.15, 0.2) is 18.2 Å². The standard InChI is InChI=1S/C14H13F3N2O2/c15-14(16,17)11-3-4-12(10(6-11)7-18)19-13(20)9-2-1-5-21-8-9/h3-4,6,9H,1-2,5,8H2,(H,19,20). The number of nitrogens with one attached hydrogen (secondary N) is 1. The molecule has 1 heterocycles. The van der Waals surface area contributed by atoms with E-state index in [0.717, 1.165) is 24.6 Å². The summed E-state index contributed by atoms with van der Waals surface area (Å²) in [7, 11) is 0. The summed E-state index contributed by atoms with van der Waals surface area (Å²) in [6, 6.07) is 4.34. The molecule has 1 amide bonds. The van der Waals surface area contributed by atoms with Crippen molar-refractivity contribution in [2.24, 2.45) is 5.92 Å². The number of carbonyl (C=O) groups is 1. The van der Waals surface area contributed by atoms with Crippen LogP contribution in [0.25, 0.3) is 0 Å². The van der Waals surface area contributed by atoms with E-state index in [9.17, 15) is 18.0 Å². The summed E-state index contributed by atoms with van der Waals surface area (Å²) in [4.78, 5) is 12.0. The number of hydrogen-bond donors (Lipinski definition) is 1. The van der Waals surface area contributed by atoms with E-state index in [-0.39, 0.29) is 29.7 Å². The van der Waals surface area contributed by atoms with Crippen molar-refractivity contribution in [3.05, 3.63) is 29.3 Å². The first-order valence-corrected chi connectivity index (χ1v) is 6.42. The Morgan fingerprint density at radius 2 is 2.19 bits per heavy atom. The molecule has 0 saturated carbocycles. The molecule has 1 saturated heterocycles. The quantitative estimate of drug-likeness (QED) is 0.913. The highest BCUT2D eigenvalue weighted by Crippen LogP contribution is 2.31. The predicted octanol–water partition coefficient (Wildman–Crippen LogP) is 2.94. The van der Waals surface area contributed by atoms with Gasteiger partial charge in [-0.15, -0.1) is 0 Å². The van der Waals surface area contributed by atoms with Crippen molar-refractivity contribution < 1.29 is 22.7 Å². The number of amides is 1. The molecule has 0 bridgehead atoms. The third-order valence-electron chi connectivity index (χ3n) is 3.26. The summed E-state index contributed by atoms with van der Waals surface area (Å²) in [5.41, 5.74) is -1.05. The smallest absolute Gasteiger partial charge is 0.381 e. The van der Waals surface area contributed by atoms with Gasteiger partial charge in [0.15, 0.2) is 0 Å². The lowest BCUT2D eigenvalue weighted by atomic mass is 10.0. The minimum absolute atomic E-state index is 0.0843. The maximum Gasteiger partial charge on any atom is 0.416 e. The van der Waals surface area contributed by atoms with E-state index in [4.69, 9.17) is 10.00 Å². The molecule has 0 radical (unpaired) electrons. The van der Waals surface area contributed by atoms with Gasteiger partial charge in [0.2, 0.25) is 5.91 Å². The van der Waals surface area contributed by atoms with Crippen LogP contribution in [-0.4, -0.2) is 19.1 Å². The summed E-state index contributed by atoms with van der Waals surface area (Å²) in [6.07, 6.45) is -3.10. The number of carbonyl (C=O) groups excluding carboxylic acids is 1. The summed E-state index contributed by atoms with van der Waals surface area (Å²) in [6.45, 7) is 0.891. The van der Waals surface area contributed by atoms with Crippen molar-refractivity contribution in [1.82, 2.24) is 0 Å². The van der Waals surface area contributed by atoms with Crippen LogP contribution >= 0.6 is 0 Å². The second-order valence-corrected chi connectivity index (χ2v) is 4.77. The van der Waals surface area contributed by atoms with E-state index in [1.165, 1.54) is 0 Å². The summed E-state index contributed by atoms with van der Waals surface area (Å²) in [5.74, 6) is -0.682. The minimum Gasteiger partial charge on any atom is -0.381 e. The summed E-state index contributed by atoms with van der Waals surface area (Å²) < 4.78 is 42.9. The maximum atomic E-state index is 12.6. The fourth-order valence-electron chi connectivity index (χ4n) is 2.10. The van der Waals surface area contributed by atoms with E-state index in [0.29, 0.717) is 13.0 Å². The molecule has 112 valence electrons. The van der Waals surface area contributed by atoms with Gasteiger partial charge in [-0.1, -0.05) is 0 Å². The van der Waals surface area contributed by atoms with Gasteiger partial charge < -0.3 is 10.1 Å². The monoisotopic (exact) mass is 298 g/mol. The Bertz CT molecular complexity index is 573. The Balaban J connectivity index is 2.16. The number of ether oxygens (including phenoxy) is 1. The molecule has 1 aromatic rings. The molecular formula is C14H13F3N2O2. The number of benzene rings is 1. The first-order chi connectivity index (χ1) is 9.91. The van der Waals surface area contributed by atoms with Crippen molar-refractivity contribution in [2.75, 3.05) is 18.5 Å². The average molecular weight is 298 g/mol. The van der Waals surface area contributed by atoms with Crippen LogP contribution in [0.3, 0.4) is 0 Å². The third kappa shape index (κ3) is 3.73. The topological polar surface area (TPSA) is 62.1 Å². The van der Waals surface area contributed by atoms with Gasteiger partial charge in [0, 0.05) is 6.61 Å². The van der Waals surface area contributed by atoms with Crippen molar-refractivity contribution in [3.8, 4) is 6.07 Å². The third-order valence-corrected chi connectivity index (χ3v) is 3.26. The second kappa shape index (κ2) is 6.14. The second-order valence-electron chi connectivity index (χ2n) is 4.77. The number of nitrogens with zero attached hydrogens (tertiary/aromatic N) is 1. The molecule has 1 aromatic carbocycles. The lowest BCUT2D eigenvalue weighted by Gasteiger charge is -2.21. The number of anilines is 1. The highest BCUT2D eigenvalue weighted by atomic mass is 19.4. The van der Waals surface area contributed by atoms with Gasteiger partial charge in [-0.3, -0.25) is 4.79 Å². The van der Waals surface area contributed by atoms with Crippen molar-refractivity contribution >= 4 is 11.6 Å². The lowest BCUT2D eigenvalue weighted by molar-refractivity contribution is -0.137. The van der Waals surface area contributed by atoms with E-state index >= 15 is 0 Å². The largest absolute Gasteiger partial charge is 0.416 e. The highest BCUT2D eigenvalue weighted by Gasteiger charge is 2.31. The van der Waals surface area contributed by atoms with Crippen LogP contribution in [0, 0.1) is 17.2 Å². The Kier molecular flexibility index (Phi) is 4.48. The van der Waals surface area contributed by atoms with Gasteiger partial charge in [-0.25, -0.2) is 0 Å². The van der Waals surface area contributed by atoms with Crippen LogP contribution in [0.2, 0.25) is 0 Å². The molecule has 4 nitrogen and oxygen atoms in total. The number of rotatable bonds is 2. The average Bonchev–Trinajstić information content (AvgIpc) is 2.47. The van der Waals surface area contributed by atoms with E-state index < -0.39 is 11.7 Å². The van der Waals surface area contributed by atoms with Crippen LogP contribution in [0.4, 0.5) is 18.9 Å². The molecule has 1 unspecified atom stereocenters. The molecule has 1 aliphatic heterocycles. The maximum absolute atomic E-state index is 12.6. The highest BCUT2D eigenvalue weighted by molar-refractivity contribution is 5.94. The zero-order chi connectivity index (χ0) is 15.5. The van der Waals surface area contributed by atoms with Crippen LogP contribution in [-0.2, 0) is 15.7 Å². The summed E-state index contributed by atoms with van der Waals surface area (Å²) >= 11 is 0. The van der Waals surface area contributed by atoms with E-state index in [1.807, 2.05) is 0 Å². The number of alkyl halides is 3. The molecule has 0 aliphatic carbocycles. The number of hydrogen-bond acceptors (Lipinski definition) is 3. The Morgan fingerprint density at radius 1 is 1.43 bits per heavy atom. The fourth-order valence-corrected chi connectivity index (χ4v) is 2.10. The van der Waals surface area contributed by atoms with E-state index in [2.05, 4.69) is 5.32 Å². The Morgan fingerprint density at radius 3 is 2.76 bits per heavy atom. The van der Waals surface area contributed by atoms with Gasteiger partial charge in [0.25, 0.3) is 0 Å². The fraction of sp³-hybridized carbons (Fsp3) is 0.429. The van der Waals surface area contributed by atoms with E-state index in [1.54, 1.807) is 6.07 Å². The number of halogens is 3. The van der Waals surface area contributed by atoms with Crippen molar-refractivity contribution in [3.63, 3.8) is 0 Å². The first-order valence-electron chi connectivity index (χ1n) is 6.42. The molecule has 2 rings (SSSR count). The first kappa shape index (κ1) is 15.3. The van der Waals surface area contributed by atoms with Gasteiger partial charge in [-0.2, -0.15) is 18.4 Å². The zero-order valence-electron chi connectivity index (χ0n) is 11.0. The zero-order valence-corrected chi connectivity index (χ0v) is 11.0. The van der Waals surface area contributed by atoms with Crippen LogP contribution in [0.5, 0.6) is 0 Å². The van der Waals surface area contributed by atoms with Gasteiger partial charge in [-0.05, 0) is 31.0 Å². The van der Waals surface area contributed by atoms with Gasteiger partial charge in [0.05, 0.1) is 29.3 Å². The Hall–Kier alpha value is -2.07. The minimum atomic E-state index is -4.52. The number of nitriles is 1. The molecule has 21 heavy (non-hydrogen) atoms. The SMILES string of the molecule is N#Cc1cc(C(F)(F)F)ccc1NC(=O)C1CCCOC1. The normalized spacial score (nSPS) is 18.9. The predicted molar refractivity (Wildman–Crippen MR) is 68.3 cm³/mol. The molecule has 0 aromatic heterocycles. The van der Waals surface area contributed by atoms with Gasteiger partial charge in [0.1, 0.15) is 6.07 Å². The molecular weight excluding hydrogens is 285 g/mol. The molecule has 7 heteroatoms. The lowest BCUT2D eigenvalue weighted by Crippen LogP contribution is -2.30.